The van der Waals surface area contributed by atoms with Gasteiger partial charge in [0, 0.05) is 0 Å². The maximum atomic E-state index is 8.55. The van der Waals surface area contributed by atoms with Gasteiger partial charge in [0.1, 0.15) is 0 Å². The normalized spacial score (nSPS) is 7.38. The average Bonchev–Trinajstić information content (AvgIpc) is 0.722. The first-order valence-corrected chi connectivity index (χ1v) is 2.19. The van der Waals surface area contributed by atoms with E-state index in [1.807, 2.05) is 0 Å². The Labute approximate surface area is 84.5 Å². The molecule has 0 rings (SSSR count). The summed E-state index contributed by atoms with van der Waals surface area (Å²) in [6, 6.07) is 0. The average molecular weight is 177 g/mol. The summed E-state index contributed by atoms with van der Waals surface area (Å²) in [4.78, 5) is 25.6. The van der Waals surface area contributed by atoms with Crippen LogP contribution in [0.5, 0.6) is 0 Å². The van der Waals surface area contributed by atoms with E-state index in [1.54, 1.807) is 0 Å². The Morgan fingerprint density at radius 3 is 1.12 bits per heavy atom. The van der Waals surface area contributed by atoms with Gasteiger partial charge in [-0.1, -0.05) is 0 Å². The van der Waals surface area contributed by atoms with E-state index in [0.29, 0.717) is 0 Å². The molecule has 0 aromatic heterocycles. The van der Waals surface area contributed by atoms with Gasteiger partial charge < -0.3 is 19.2 Å². The summed E-state index contributed by atoms with van der Waals surface area (Å²) in [5, 5.41) is 0. The quantitative estimate of drug-likeness (QED) is 0.272. The third-order valence-electron chi connectivity index (χ3n) is 0. The molecule has 0 aliphatic rings. The third-order valence-corrected chi connectivity index (χ3v) is 0. The van der Waals surface area contributed by atoms with Crippen molar-refractivity contribution in [2.75, 3.05) is 0 Å². The molecule has 32 valence electrons. The standard InChI is InChI=1S/Al.Li.H3O4P.Ti/c;;1-5(2,3)4;/h;;(H3,1,2,3,4);/q+3;+1;;+4/p-3. The van der Waals surface area contributed by atoms with E-state index < -0.39 is 7.82 Å². The molecule has 0 saturated carbocycles. The van der Waals surface area contributed by atoms with Crippen molar-refractivity contribution in [1.29, 1.82) is 0 Å². The Kier molecular flexibility index (Phi) is 25.2. The van der Waals surface area contributed by atoms with Gasteiger partial charge in [0.25, 0.3) is 0 Å². The van der Waals surface area contributed by atoms with Gasteiger partial charge in [0.2, 0.25) is 0 Å². The molecule has 0 aliphatic carbocycles. The molecule has 0 saturated heterocycles. The number of hydrogen-bond donors (Lipinski definition) is 0. The van der Waals surface area contributed by atoms with Gasteiger partial charge in [-0.2, -0.15) is 7.82 Å². The van der Waals surface area contributed by atoms with Crippen LogP contribution in [0.3, 0.4) is 0 Å². The molecule has 0 atom stereocenters. The molecule has 0 aliphatic heterocycles. The van der Waals surface area contributed by atoms with Crippen molar-refractivity contribution in [3.05, 3.63) is 0 Å². The predicted molar refractivity (Wildman–Crippen MR) is 13.4 cm³/mol. The Morgan fingerprint density at radius 1 is 1.12 bits per heavy atom. The monoisotopic (exact) mass is 177 g/mol. The van der Waals surface area contributed by atoms with Crippen LogP contribution in [0.4, 0.5) is 0 Å². The molecule has 8 heavy (non-hydrogen) atoms. The van der Waals surface area contributed by atoms with Crippen LogP contribution < -0.4 is 33.5 Å². The second kappa shape index (κ2) is 8.95. The molecule has 8 heteroatoms. The summed E-state index contributed by atoms with van der Waals surface area (Å²) in [5.41, 5.74) is 0. The van der Waals surface area contributed by atoms with Gasteiger partial charge >= 0.3 is 57.9 Å². The fourth-order valence-corrected chi connectivity index (χ4v) is 0. The summed E-state index contributed by atoms with van der Waals surface area (Å²) in [6.07, 6.45) is 0. The third kappa shape index (κ3) is 101. The van der Waals surface area contributed by atoms with Crippen molar-refractivity contribution in [2.24, 2.45) is 0 Å². The van der Waals surface area contributed by atoms with E-state index in [4.69, 9.17) is 19.2 Å². The van der Waals surface area contributed by atoms with Crippen LogP contribution in [0.1, 0.15) is 0 Å². The van der Waals surface area contributed by atoms with Crippen LogP contribution in [0, 0.1) is 0 Å². The van der Waals surface area contributed by atoms with E-state index in [-0.39, 0.29) is 57.9 Å². The van der Waals surface area contributed by atoms with Crippen LogP contribution in [0.15, 0.2) is 0 Å². The van der Waals surface area contributed by atoms with Gasteiger partial charge in [0.05, 0.1) is 0 Å². The molecule has 0 fully saturated rings. The number of rotatable bonds is 0. The summed E-state index contributed by atoms with van der Waals surface area (Å²) in [7, 11) is -5.39. The molecule has 0 aromatic carbocycles. The molecule has 0 bridgehead atoms. The van der Waals surface area contributed by atoms with Crippen molar-refractivity contribution < 1.29 is 59.8 Å². The van der Waals surface area contributed by atoms with Gasteiger partial charge in [0.15, 0.2) is 0 Å². The topological polar surface area (TPSA) is 86.2 Å². The van der Waals surface area contributed by atoms with Crippen LogP contribution in [0.2, 0.25) is 0 Å². The summed E-state index contributed by atoms with van der Waals surface area (Å²) in [6.45, 7) is 0. The smallest absolute Gasteiger partial charge is 0.822 e. The van der Waals surface area contributed by atoms with E-state index >= 15 is 0 Å². The fraction of sp³-hybridized carbons (Fsp3) is 0. The van der Waals surface area contributed by atoms with Gasteiger partial charge in [-0.25, -0.2) is 0 Å². The minimum atomic E-state index is -5.39. The molecule has 4 nitrogen and oxygen atoms in total. The summed E-state index contributed by atoms with van der Waals surface area (Å²) >= 11 is 0. The Balaban J connectivity index is -0.0000000267. The largest absolute Gasteiger partial charge is 4.00 e. The first kappa shape index (κ1) is 22.5. The first-order chi connectivity index (χ1) is 2.00. The molecule has 0 aromatic rings. The molecular formula is AlLiO4PTi+5. The van der Waals surface area contributed by atoms with E-state index in [9.17, 15) is 0 Å². The zero-order valence-electron chi connectivity index (χ0n) is 4.16. The van der Waals surface area contributed by atoms with Crippen LogP contribution in [0.25, 0.3) is 0 Å². The number of hydrogen-bond acceptors (Lipinski definition) is 4. The Hall–Kier alpha value is 1.95. The van der Waals surface area contributed by atoms with E-state index in [2.05, 4.69) is 0 Å². The zero-order chi connectivity index (χ0) is 4.50. The van der Waals surface area contributed by atoms with Crippen molar-refractivity contribution >= 4 is 25.2 Å². The maximum Gasteiger partial charge on any atom is 4.00 e. The van der Waals surface area contributed by atoms with Gasteiger partial charge in [-0.15, -0.1) is 0 Å². The minimum absolute atomic E-state index is 0. The zero-order valence-corrected chi connectivity index (χ0v) is 7.77. The van der Waals surface area contributed by atoms with Gasteiger partial charge in [-0.05, 0) is 0 Å². The Morgan fingerprint density at radius 2 is 1.12 bits per heavy atom. The van der Waals surface area contributed by atoms with Crippen molar-refractivity contribution in [3.63, 3.8) is 0 Å². The van der Waals surface area contributed by atoms with Crippen LogP contribution in [-0.2, 0) is 26.3 Å². The summed E-state index contributed by atoms with van der Waals surface area (Å²) in [5.74, 6) is 0. The first-order valence-electron chi connectivity index (χ1n) is 0.730. The fourth-order valence-electron chi connectivity index (χ4n) is 0. The maximum absolute atomic E-state index is 8.55. The van der Waals surface area contributed by atoms with Crippen molar-refractivity contribution in [3.8, 4) is 0 Å². The summed E-state index contributed by atoms with van der Waals surface area (Å²) < 4.78 is 8.55. The van der Waals surface area contributed by atoms with Crippen LogP contribution >= 0.6 is 7.82 Å². The second-order valence-electron chi connectivity index (χ2n) is 0.447. The molecule has 0 amide bonds. The predicted octanol–water partition coefficient (Wildman–Crippen LogP) is -6.20. The Bertz CT molecular complexity index is 62.2. The van der Waals surface area contributed by atoms with E-state index in [0.717, 1.165) is 0 Å². The number of phosphoric acid groups is 1. The SMILES string of the molecule is O=P([O-])([O-])[O-].[Al+3].[Li+].[Ti+4]. The molecule has 0 unspecified atom stereocenters. The van der Waals surface area contributed by atoms with E-state index in [1.165, 1.54) is 0 Å². The molecule has 0 spiro atoms. The molecule has 0 N–H and O–H groups in total. The molecular weight excluding hydrogens is 177 g/mol. The van der Waals surface area contributed by atoms with Crippen molar-refractivity contribution in [2.45, 2.75) is 0 Å². The molecule has 0 radical (unpaired) electrons. The van der Waals surface area contributed by atoms with Crippen molar-refractivity contribution in [1.82, 2.24) is 0 Å². The second-order valence-corrected chi connectivity index (χ2v) is 1.34. The molecule has 0 heterocycles. The van der Waals surface area contributed by atoms with Gasteiger partial charge in [-0.3, -0.25) is 0 Å². The van der Waals surface area contributed by atoms with Crippen LogP contribution in [-0.4, -0.2) is 17.4 Å². The minimum Gasteiger partial charge on any atom is -0.822 e.